The normalized spacial score (nSPS) is 49.5. The van der Waals surface area contributed by atoms with Gasteiger partial charge in [-0.2, -0.15) is 0 Å². The van der Waals surface area contributed by atoms with Gasteiger partial charge in [0.2, 0.25) is 0 Å². The van der Waals surface area contributed by atoms with Crippen LogP contribution >= 0.6 is 7.82 Å². The third-order valence-electron chi connectivity index (χ3n) is 12.7. The fourth-order valence-electron chi connectivity index (χ4n) is 10.6. The molecule has 1 saturated heterocycles. The number of fused-ring (bicyclic) bond motifs is 5. The van der Waals surface area contributed by atoms with Crippen molar-refractivity contribution in [1.82, 2.24) is 4.98 Å². The van der Waals surface area contributed by atoms with Crippen molar-refractivity contribution in [3.63, 3.8) is 0 Å². The first kappa shape index (κ1) is 29.3. The average molecular weight is 576 g/mol. The monoisotopic (exact) mass is 575 g/mol. The van der Waals surface area contributed by atoms with Gasteiger partial charge in [0.05, 0.1) is 31.5 Å². The summed E-state index contributed by atoms with van der Waals surface area (Å²) in [5.74, 6) is 3.06. The molecular formula is C32H50NO6P. The lowest BCUT2D eigenvalue weighted by molar-refractivity contribution is -0.199. The van der Waals surface area contributed by atoms with E-state index in [1.165, 1.54) is 25.7 Å². The minimum absolute atomic E-state index is 0.202. The molecule has 8 heteroatoms. The van der Waals surface area contributed by atoms with Gasteiger partial charge in [0.15, 0.2) is 0 Å². The highest BCUT2D eigenvalue weighted by atomic mass is 31.2. The molecule has 40 heavy (non-hydrogen) atoms. The Morgan fingerprint density at radius 2 is 1.77 bits per heavy atom. The van der Waals surface area contributed by atoms with Crippen LogP contribution < -0.4 is 0 Å². The van der Waals surface area contributed by atoms with Gasteiger partial charge in [0.1, 0.15) is 0 Å². The van der Waals surface area contributed by atoms with Crippen LogP contribution in [0.5, 0.6) is 0 Å². The summed E-state index contributed by atoms with van der Waals surface area (Å²) in [7, 11) is -3.60. The average Bonchev–Trinajstić information content (AvgIpc) is 3.30. The van der Waals surface area contributed by atoms with Crippen molar-refractivity contribution >= 4 is 7.82 Å². The van der Waals surface area contributed by atoms with E-state index in [0.29, 0.717) is 55.1 Å². The minimum atomic E-state index is -3.60. The van der Waals surface area contributed by atoms with E-state index in [1.807, 2.05) is 12.1 Å². The molecule has 6 unspecified atom stereocenters. The van der Waals surface area contributed by atoms with Crippen LogP contribution in [0, 0.1) is 52.3 Å². The zero-order chi connectivity index (χ0) is 28.3. The molecule has 1 aromatic rings. The molecule has 1 aromatic heterocycles. The minimum Gasteiger partial charge on any atom is -0.393 e. The Morgan fingerprint density at radius 1 is 1.05 bits per heavy atom. The second kappa shape index (κ2) is 11.0. The molecule has 0 bridgehead atoms. The maximum absolute atomic E-state index is 13.3. The number of aliphatic hydroxyl groups is 2. The second-order valence-electron chi connectivity index (χ2n) is 14.5. The summed E-state index contributed by atoms with van der Waals surface area (Å²) in [5.41, 5.74) is 1.37. The number of phosphoric acid groups is 1. The van der Waals surface area contributed by atoms with Gasteiger partial charge in [0.25, 0.3) is 0 Å². The van der Waals surface area contributed by atoms with Crippen molar-refractivity contribution in [2.24, 2.45) is 52.3 Å². The molecule has 6 rings (SSSR count). The van der Waals surface area contributed by atoms with Crippen molar-refractivity contribution in [2.45, 2.75) is 104 Å². The number of aromatic nitrogens is 1. The number of hydrogen-bond acceptors (Lipinski definition) is 7. The Kier molecular flexibility index (Phi) is 8.07. The second-order valence-corrected chi connectivity index (χ2v) is 16.1. The fourth-order valence-corrected chi connectivity index (χ4v) is 12.0. The quantitative estimate of drug-likeness (QED) is 0.354. The van der Waals surface area contributed by atoms with Gasteiger partial charge in [-0.05, 0) is 121 Å². The molecule has 0 radical (unpaired) electrons. The standard InChI is InChI=1S/C32H50NO6P/c1-20(11-17-37-40(36)38-18-12-28(39-40)22-9-15-33-16-10-22)24-5-6-25-29-26(8-14-31(24,25)3)32(4)13-7-23(34)19-27(32)21(2)30(29)35/h9-10,15-16,20-21,23-30,34-35H,5-8,11-14,17-19H2,1-4H3/t20-,21-,23-,24-,25?,26?,27?,28+,29?,30?,31-,32-,40?/m1/s1. The van der Waals surface area contributed by atoms with Crippen molar-refractivity contribution in [1.29, 1.82) is 0 Å². The van der Waals surface area contributed by atoms with E-state index < -0.39 is 7.82 Å². The first-order chi connectivity index (χ1) is 19.1. The van der Waals surface area contributed by atoms with Crippen LogP contribution in [-0.4, -0.2) is 40.6 Å². The summed E-state index contributed by atoms with van der Waals surface area (Å²) in [6.45, 7) is 10.3. The molecule has 5 fully saturated rings. The summed E-state index contributed by atoms with van der Waals surface area (Å²) < 4.78 is 30.5. The molecule has 1 aliphatic heterocycles. The molecular weight excluding hydrogens is 525 g/mol. The molecule has 2 N–H and O–H groups in total. The molecule has 224 valence electrons. The Bertz CT molecular complexity index is 1090. The molecule has 7 nitrogen and oxygen atoms in total. The predicted molar refractivity (Wildman–Crippen MR) is 153 cm³/mol. The zero-order valence-corrected chi connectivity index (χ0v) is 25.7. The molecule has 4 aliphatic carbocycles. The molecule has 0 aromatic carbocycles. The SMILES string of the molecule is C[C@H]1C(O)C2C(CC[C@@]3(C)C2CC[C@@H]3[C@H](C)CCOP2(=O)OCC[C@@H](c3ccncc3)O2)[C@@]2(C)CC[C@@H](O)CC12. The largest absolute Gasteiger partial charge is 0.475 e. The lowest BCUT2D eigenvalue weighted by Gasteiger charge is -2.64. The van der Waals surface area contributed by atoms with Gasteiger partial charge in [-0.25, -0.2) is 4.57 Å². The third-order valence-corrected chi connectivity index (χ3v) is 14.2. The van der Waals surface area contributed by atoms with Crippen LogP contribution in [0.25, 0.3) is 0 Å². The molecule has 0 amide bonds. The fraction of sp³-hybridized carbons (Fsp3) is 0.844. The lowest BCUT2D eigenvalue weighted by Crippen LogP contribution is -2.61. The molecule has 5 aliphatic rings. The highest BCUT2D eigenvalue weighted by molar-refractivity contribution is 7.48. The van der Waals surface area contributed by atoms with E-state index in [1.54, 1.807) is 12.4 Å². The van der Waals surface area contributed by atoms with Gasteiger partial charge in [-0.1, -0.05) is 27.7 Å². The highest BCUT2D eigenvalue weighted by Crippen LogP contribution is 2.69. The van der Waals surface area contributed by atoms with Crippen LogP contribution in [0.2, 0.25) is 0 Å². The van der Waals surface area contributed by atoms with Crippen molar-refractivity contribution in [2.75, 3.05) is 13.2 Å². The Hall–Kier alpha value is -0.820. The van der Waals surface area contributed by atoms with Gasteiger partial charge >= 0.3 is 7.82 Å². The van der Waals surface area contributed by atoms with Crippen LogP contribution in [0.3, 0.4) is 0 Å². The van der Waals surface area contributed by atoms with Crippen molar-refractivity contribution < 1.29 is 28.3 Å². The number of rotatable bonds is 6. The van der Waals surface area contributed by atoms with Crippen molar-refractivity contribution in [3.05, 3.63) is 30.1 Å². The van der Waals surface area contributed by atoms with E-state index in [-0.39, 0.29) is 35.1 Å². The van der Waals surface area contributed by atoms with E-state index in [9.17, 15) is 14.8 Å². The Labute approximate surface area is 240 Å². The zero-order valence-electron chi connectivity index (χ0n) is 24.8. The first-order valence-corrected chi connectivity index (χ1v) is 17.4. The smallest absolute Gasteiger partial charge is 0.393 e. The maximum atomic E-state index is 13.3. The number of nitrogens with zero attached hydrogens (tertiary/aromatic N) is 1. The van der Waals surface area contributed by atoms with Crippen LogP contribution in [-0.2, 0) is 18.1 Å². The molecule has 4 saturated carbocycles. The lowest BCUT2D eigenvalue weighted by atomic mass is 9.42. The maximum Gasteiger partial charge on any atom is 0.475 e. The summed E-state index contributed by atoms with van der Waals surface area (Å²) in [5, 5.41) is 22.2. The van der Waals surface area contributed by atoms with Gasteiger partial charge in [-0.3, -0.25) is 18.6 Å². The van der Waals surface area contributed by atoms with E-state index in [0.717, 1.165) is 31.2 Å². The number of pyridine rings is 1. The van der Waals surface area contributed by atoms with Crippen molar-refractivity contribution in [3.8, 4) is 0 Å². The predicted octanol–water partition coefficient (Wildman–Crippen LogP) is 6.95. The van der Waals surface area contributed by atoms with Crippen LogP contribution in [0.15, 0.2) is 24.5 Å². The molecule has 13 atom stereocenters. The van der Waals surface area contributed by atoms with Gasteiger partial charge < -0.3 is 10.2 Å². The molecule has 0 spiro atoms. The number of aliphatic hydroxyl groups excluding tert-OH is 2. The summed E-state index contributed by atoms with van der Waals surface area (Å²) in [6, 6.07) is 3.77. The van der Waals surface area contributed by atoms with Crippen LogP contribution in [0.1, 0.15) is 97.1 Å². The molecule has 2 heterocycles. The van der Waals surface area contributed by atoms with Gasteiger partial charge in [-0.15, -0.1) is 0 Å². The number of hydrogen-bond donors (Lipinski definition) is 2. The number of phosphoric ester groups is 1. The van der Waals surface area contributed by atoms with Gasteiger partial charge in [0, 0.05) is 18.8 Å². The highest BCUT2D eigenvalue weighted by Gasteiger charge is 2.64. The van der Waals surface area contributed by atoms with E-state index in [4.69, 9.17) is 13.6 Å². The third kappa shape index (κ3) is 4.95. The van der Waals surface area contributed by atoms with E-state index >= 15 is 0 Å². The first-order valence-electron chi connectivity index (χ1n) is 15.9. The summed E-state index contributed by atoms with van der Waals surface area (Å²) >= 11 is 0. The topological polar surface area (TPSA) is 98.1 Å². The Balaban J connectivity index is 1.10. The Morgan fingerprint density at radius 3 is 2.55 bits per heavy atom. The summed E-state index contributed by atoms with van der Waals surface area (Å²) in [6.07, 6.45) is 11.7. The summed E-state index contributed by atoms with van der Waals surface area (Å²) in [4.78, 5) is 4.06. The van der Waals surface area contributed by atoms with E-state index in [2.05, 4.69) is 32.7 Å². The van der Waals surface area contributed by atoms with Crippen LogP contribution in [0.4, 0.5) is 0 Å².